The molecular weight excluding hydrogens is 407 g/mol. The van der Waals surface area contributed by atoms with Crippen molar-refractivity contribution in [2.24, 2.45) is 0 Å². The Morgan fingerprint density at radius 3 is 2.50 bits per heavy atom. The minimum Gasteiger partial charge on any atom is -0.496 e. The second kappa shape index (κ2) is 7.96. The number of ether oxygens (including phenoxy) is 1. The van der Waals surface area contributed by atoms with Crippen molar-refractivity contribution in [3.8, 4) is 5.75 Å². The third kappa shape index (κ3) is 3.15. The molecule has 3 aromatic rings. The van der Waals surface area contributed by atoms with Crippen molar-refractivity contribution in [2.45, 2.75) is 12.8 Å². The molecule has 160 valence electrons. The highest BCUT2D eigenvalue weighted by molar-refractivity contribution is 6.46. The molecule has 32 heavy (non-hydrogen) atoms. The third-order valence-electron chi connectivity index (χ3n) is 5.88. The average molecular weight is 428 g/mol. The van der Waals surface area contributed by atoms with Gasteiger partial charge in [-0.1, -0.05) is 42.5 Å². The molecular formula is C26H21FN2O3. The van der Waals surface area contributed by atoms with Crippen molar-refractivity contribution in [3.63, 3.8) is 0 Å². The van der Waals surface area contributed by atoms with Gasteiger partial charge in [-0.3, -0.25) is 9.59 Å². The highest BCUT2D eigenvalue weighted by atomic mass is 19.1. The molecule has 2 heterocycles. The summed E-state index contributed by atoms with van der Waals surface area (Å²) in [7, 11) is 1.53. The lowest BCUT2D eigenvalue weighted by Gasteiger charge is -2.32. The summed E-state index contributed by atoms with van der Waals surface area (Å²) in [6.07, 6.45) is 1.75. The summed E-state index contributed by atoms with van der Waals surface area (Å²) >= 11 is 0. The Morgan fingerprint density at radius 2 is 1.69 bits per heavy atom. The maximum absolute atomic E-state index is 14.0. The van der Waals surface area contributed by atoms with E-state index in [-0.39, 0.29) is 17.0 Å². The van der Waals surface area contributed by atoms with Crippen LogP contribution in [-0.2, 0) is 16.0 Å². The molecule has 5 rings (SSSR count). The van der Waals surface area contributed by atoms with Crippen molar-refractivity contribution in [1.29, 1.82) is 0 Å². The first-order valence-electron chi connectivity index (χ1n) is 10.5. The number of halogens is 1. The maximum atomic E-state index is 14.0. The highest BCUT2D eigenvalue weighted by Gasteiger charge is 2.44. The highest BCUT2D eigenvalue weighted by Crippen LogP contribution is 2.41. The van der Waals surface area contributed by atoms with Crippen LogP contribution in [-0.4, -0.2) is 25.5 Å². The number of amides is 2. The molecule has 0 spiro atoms. The Hall–Kier alpha value is -3.93. The lowest BCUT2D eigenvalue weighted by Crippen LogP contribution is -2.37. The van der Waals surface area contributed by atoms with Crippen LogP contribution in [0.15, 0.2) is 78.5 Å². The van der Waals surface area contributed by atoms with Gasteiger partial charge in [0, 0.05) is 17.8 Å². The Bertz CT molecular complexity index is 1270. The summed E-state index contributed by atoms with van der Waals surface area (Å²) < 4.78 is 19.5. The zero-order chi connectivity index (χ0) is 22.2. The number of nitrogens with zero attached hydrogens (tertiary/aromatic N) is 2. The molecule has 0 unspecified atom stereocenters. The molecule has 2 aliphatic heterocycles. The number of para-hydroxylation sites is 2. The van der Waals surface area contributed by atoms with Crippen molar-refractivity contribution in [1.82, 2.24) is 0 Å². The van der Waals surface area contributed by atoms with Crippen LogP contribution in [0.4, 0.5) is 15.8 Å². The van der Waals surface area contributed by atoms with Crippen molar-refractivity contribution in [2.75, 3.05) is 23.5 Å². The fraction of sp³-hybridized carbons (Fsp3) is 0.154. The summed E-state index contributed by atoms with van der Waals surface area (Å²) in [5.41, 5.74) is 3.31. The Balaban J connectivity index is 1.74. The number of aryl methyl sites for hydroxylation is 1. The van der Waals surface area contributed by atoms with Gasteiger partial charge < -0.3 is 9.64 Å². The van der Waals surface area contributed by atoms with Crippen LogP contribution in [0.5, 0.6) is 5.75 Å². The molecule has 0 saturated carbocycles. The molecule has 0 atom stereocenters. The number of hydrogen-bond donors (Lipinski definition) is 0. The van der Waals surface area contributed by atoms with E-state index in [1.807, 2.05) is 35.2 Å². The number of fused-ring (bicyclic) bond motifs is 1. The van der Waals surface area contributed by atoms with Gasteiger partial charge in [0.1, 0.15) is 17.3 Å². The lowest BCUT2D eigenvalue weighted by molar-refractivity contribution is -0.120. The van der Waals surface area contributed by atoms with E-state index in [2.05, 4.69) is 0 Å². The summed E-state index contributed by atoms with van der Waals surface area (Å²) in [5, 5.41) is 0. The molecule has 0 radical (unpaired) electrons. The van der Waals surface area contributed by atoms with Crippen LogP contribution < -0.4 is 14.5 Å². The number of hydrogen-bond acceptors (Lipinski definition) is 4. The first-order chi connectivity index (χ1) is 15.6. The molecule has 5 nitrogen and oxygen atoms in total. The predicted octanol–water partition coefficient (Wildman–Crippen LogP) is 4.57. The van der Waals surface area contributed by atoms with Gasteiger partial charge in [-0.15, -0.1) is 0 Å². The van der Waals surface area contributed by atoms with Gasteiger partial charge in [-0.25, -0.2) is 9.29 Å². The zero-order valence-corrected chi connectivity index (χ0v) is 17.5. The fourth-order valence-electron chi connectivity index (χ4n) is 4.48. The molecule has 0 aromatic heterocycles. The lowest BCUT2D eigenvalue weighted by atomic mass is 9.98. The monoisotopic (exact) mass is 428 g/mol. The van der Waals surface area contributed by atoms with Crippen molar-refractivity contribution >= 4 is 28.8 Å². The standard InChI is InChI=1S/C26H21FN2O3/c1-32-22-14-5-3-12-20(22)23-24(28-15-7-9-17-8-2-4-13-21(17)28)26(31)29(25(23)30)19-11-6-10-18(27)16-19/h2-6,8,10-14,16H,7,9,15H2,1H3. The molecule has 2 aliphatic rings. The van der Waals surface area contributed by atoms with Gasteiger partial charge in [0.05, 0.1) is 18.4 Å². The van der Waals surface area contributed by atoms with Gasteiger partial charge in [0.15, 0.2) is 0 Å². The summed E-state index contributed by atoms with van der Waals surface area (Å²) in [6.45, 7) is 0.598. The van der Waals surface area contributed by atoms with Crippen LogP contribution in [0, 0.1) is 5.82 Å². The summed E-state index contributed by atoms with van der Waals surface area (Å²) in [6, 6.07) is 20.6. The maximum Gasteiger partial charge on any atom is 0.282 e. The number of imide groups is 1. The zero-order valence-electron chi connectivity index (χ0n) is 17.5. The van der Waals surface area contributed by atoms with E-state index in [1.54, 1.807) is 24.3 Å². The van der Waals surface area contributed by atoms with E-state index < -0.39 is 17.6 Å². The number of carbonyl (C=O) groups excluding carboxylic acids is 2. The van der Waals surface area contributed by atoms with E-state index in [0.29, 0.717) is 17.9 Å². The SMILES string of the molecule is COc1ccccc1C1=C(N2CCCc3ccccc32)C(=O)N(c2cccc(F)c2)C1=O. The van der Waals surface area contributed by atoms with Crippen LogP contribution in [0.1, 0.15) is 17.5 Å². The number of rotatable bonds is 4. The largest absolute Gasteiger partial charge is 0.496 e. The van der Waals surface area contributed by atoms with Crippen molar-refractivity contribution < 1.29 is 18.7 Å². The molecule has 0 N–H and O–H groups in total. The topological polar surface area (TPSA) is 49.9 Å². The number of benzene rings is 3. The smallest absolute Gasteiger partial charge is 0.282 e. The van der Waals surface area contributed by atoms with Crippen LogP contribution in [0.3, 0.4) is 0 Å². The average Bonchev–Trinajstić information content (AvgIpc) is 3.08. The van der Waals surface area contributed by atoms with Gasteiger partial charge in [-0.2, -0.15) is 0 Å². The quantitative estimate of drug-likeness (QED) is 0.571. The normalized spacial score (nSPS) is 15.9. The Kier molecular flexibility index (Phi) is 4.98. The van der Waals surface area contributed by atoms with E-state index in [1.165, 1.54) is 25.3 Å². The predicted molar refractivity (Wildman–Crippen MR) is 121 cm³/mol. The molecule has 0 fully saturated rings. The third-order valence-corrected chi connectivity index (χ3v) is 5.88. The van der Waals surface area contributed by atoms with Gasteiger partial charge >= 0.3 is 0 Å². The Labute approximate surface area is 185 Å². The minimum absolute atomic E-state index is 0.202. The molecule has 0 saturated heterocycles. The fourth-order valence-corrected chi connectivity index (χ4v) is 4.48. The van der Waals surface area contributed by atoms with E-state index in [9.17, 15) is 14.0 Å². The van der Waals surface area contributed by atoms with Crippen LogP contribution in [0.2, 0.25) is 0 Å². The second-order valence-electron chi connectivity index (χ2n) is 7.73. The van der Waals surface area contributed by atoms with Gasteiger partial charge in [0.2, 0.25) is 0 Å². The summed E-state index contributed by atoms with van der Waals surface area (Å²) in [5.74, 6) is -0.993. The molecule has 0 aliphatic carbocycles. The number of anilines is 2. The number of carbonyl (C=O) groups is 2. The first-order valence-corrected chi connectivity index (χ1v) is 10.5. The molecule has 2 amide bonds. The molecule has 0 bridgehead atoms. The van der Waals surface area contributed by atoms with E-state index >= 15 is 0 Å². The van der Waals surface area contributed by atoms with Crippen LogP contribution >= 0.6 is 0 Å². The number of methoxy groups -OCH3 is 1. The summed E-state index contributed by atoms with van der Waals surface area (Å²) in [4.78, 5) is 30.4. The van der Waals surface area contributed by atoms with E-state index in [4.69, 9.17) is 4.74 Å². The van der Waals surface area contributed by atoms with Gasteiger partial charge in [0.25, 0.3) is 11.8 Å². The van der Waals surface area contributed by atoms with Gasteiger partial charge in [-0.05, 0) is 48.7 Å². The first kappa shape index (κ1) is 20.0. The second-order valence-corrected chi connectivity index (χ2v) is 7.73. The van der Waals surface area contributed by atoms with Crippen LogP contribution in [0.25, 0.3) is 5.57 Å². The minimum atomic E-state index is -0.515. The molecule has 3 aromatic carbocycles. The Morgan fingerprint density at radius 1 is 0.906 bits per heavy atom. The van der Waals surface area contributed by atoms with Crippen molar-refractivity contribution in [3.05, 3.63) is 95.4 Å². The van der Waals surface area contributed by atoms with E-state index in [0.717, 1.165) is 29.0 Å². The molecule has 6 heteroatoms.